The minimum absolute atomic E-state index is 0.187. The Bertz CT molecular complexity index is 419. The Kier molecular flexibility index (Phi) is 2.63. The summed E-state index contributed by atoms with van der Waals surface area (Å²) < 4.78 is 0. The number of hydrogen-bond donors (Lipinski definition) is 2. The number of nitrogen functional groups attached to an aromatic ring is 1. The summed E-state index contributed by atoms with van der Waals surface area (Å²) in [7, 11) is 0. The molecule has 1 saturated carbocycles. The number of nitrogens with two attached hydrogens (primary N) is 1. The summed E-state index contributed by atoms with van der Waals surface area (Å²) in [5, 5.41) is 11.3. The maximum Gasteiger partial charge on any atom is 0.129 e. The number of nitrogens with zero attached hydrogens (tertiary/aromatic N) is 1. The molecule has 1 heterocycles. The van der Waals surface area contributed by atoms with E-state index < -0.39 is 5.60 Å². The lowest BCUT2D eigenvalue weighted by Gasteiger charge is -2.37. The van der Waals surface area contributed by atoms with Crippen molar-refractivity contribution in [3.05, 3.63) is 22.8 Å². The molecule has 0 amide bonds. The van der Waals surface area contributed by atoms with Gasteiger partial charge in [-0.25, -0.2) is 4.98 Å². The van der Waals surface area contributed by atoms with Crippen LogP contribution in [0.2, 0.25) is 5.02 Å². The lowest BCUT2D eigenvalue weighted by molar-refractivity contribution is -0.0480. The maximum atomic E-state index is 10.8. The van der Waals surface area contributed by atoms with Crippen molar-refractivity contribution in [2.75, 3.05) is 5.73 Å². The van der Waals surface area contributed by atoms with Gasteiger partial charge in [0.05, 0.1) is 10.6 Å². The van der Waals surface area contributed by atoms with Crippen LogP contribution >= 0.6 is 11.6 Å². The fourth-order valence-electron chi connectivity index (χ4n) is 2.61. The van der Waals surface area contributed by atoms with E-state index in [2.05, 4.69) is 18.8 Å². The topological polar surface area (TPSA) is 59.1 Å². The standard InChI is InChI=1S/C12H17ClN2O/c1-11(2)4-3-5-12(11,16)9-6-8(13)7-15-10(9)14/h6-7,16H,3-5H2,1-2H3,(H2,14,15). The molecule has 0 saturated heterocycles. The number of aromatic nitrogens is 1. The Hall–Kier alpha value is -0.800. The van der Waals surface area contributed by atoms with Crippen molar-refractivity contribution in [1.82, 2.24) is 4.98 Å². The molecular weight excluding hydrogens is 224 g/mol. The third kappa shape index (κ3) is 1.59. The first-order chi connectivity index (χ1) is 7.37. The average Bonchev–Trinajstić information content (AvgIpc) is 2.46. The normalized spacial score (nSPS) is 28.2. The van der Waals surface area contributed by atoms with Crippen molar-refractivity contribution >= 4 is 17.4 Å². The van der Waals surface area contributed by atoms with E-state index in [0.29, 0.717) is 22.8 Å². The molecule has 0 aromatic carbocycles. The van der Waals surface area contributed by atoms with Crippen LogP contribution in [0.15, 0.2) is 12.3 Å². The Labute approximate surface area is 101 Å². The van der Waals surface area contributed by atoms with Crippen LogP contribution in [-0.2, 0) is 5.60 Å². The number of anilines is 1. The van der Waals surface area contributed by atoms with Gasteiger partial charge in [0.2, 0.25) is 0 Å². The Morgan fingerprint density at radius 1 is 1.44 bits per heavy atom. The molecular formula is C12H17ClN2O. The minimum atomic E-state index is -0.908. The molecule has 1 fully saturated rings. The molecule has 1 unspecified atom stereocenters. The number of aliphatic hydroxyl groups is 1. The molecule has 2 rings (SSSR count). The second kappa shape index (κ2) is 3.60. The summed E-state index contributed by atoms with van der Waals surface area (Å²) in [6, 6.07) is 1.73. The second-order valence-electron chi connectivity index (χ2n) is 5.18. The van der Waals surface area contributed by atoms with Crippen LogP contribution in [0.25, 0.3) is 0 Å². The fourth-order valence-corrected chi connectivity index (χ4v) is 2.77. The van der Waals surface area contributed by atoms with Gasteiger partial charge in [-0.1, -0.05) is 25.4 Å². The fraction of sp³-hybridized carbons (Fsp3) is 0.583. The molecule has 3 N–H and O–H groups in total. The Morgan fingerprint density at radius 3 is 2.69 bits per heavy atom. The first-order valence-corrected chi connectivity index (χ1v) is 5.88. The van der Waals surface area contributed by atoms with Crippen LogP contribution in [0, 0.1) is 5.41 Å². The Morgan fingerprint density at radius 2 is 2.12 bits per heavy atom. The van der Waals surface area contributed by atoms with E-state index in [1.165, 1.54) is 6.20 Å². The molecule has 4 heteroatoms. The van der Waals surface area contributed by atoms with Gasteiger partial charge in [-0.05, 0) is 30.7 Å². The highest BCUT2D eigenvalue weighted by Crippen LogP contribution is 2.53. The summed E-state index contributed by atoms with van der Waals surface area (Å²) in [5.74, 6) is 0.377. The molecule has 1 aromatic heterocycles. The molecule has 1 atom stereocenters. The van der Waals surface area contributed by atoms with Crippen molar-refractivity contribution in [3.8, 4) is 0 Å². The van der Waals surface area contributed by atoms with E-state index in [1.54, 1.807) is 6.07 Å². The van der Waals surface area contributed by atoms with Crippen LogP contribution in [-0.4, -0.2) is 10.1 Å². The van der Waals surface area contributed by atoms with Gasteiger partial charge in [0.25, 0.3) is 0 Å². The largest absolute Gasteiger partial charge is 0.384 e. The smallest absolute Gasteiger partial charge is 0.129 e. The Balaban J connectivity index is 2.55. The quantitative estimate of drug-likeness (QED) is 0.794. The highest BCUT2D eigenvalue weighted by Gasteiger charge is 2.49. The maximum absolute atomic E-state index is 10.8. The molecule has 0 radical (unpaired) electrons. The molecule has 0 bridgehead atoms. The molecule has 0 aliphatic heterocycles. The third-order valence-corrected chi connectivity index (χ3v) is 4.00. The minimum Gasteiger partial charge on any atom is -0.384 e. The predicted octanol–water partition coefficient (Wildman–Crippen LogP) is 2.71. The number of hydrogen-bond acceptors (Lipinski definition) is 3. The van der Waals surface area contributed by atoms with Crippen molar-refractivity contribution < 1.29 is 5.11 Å². The van der Waals surface area contributed by atoms with Gasteiger partial charge in [0.1, 0.15) is 5.82 Å². The molecule has 88 valence electrons. The molecule has 0 spiro atoms. The van der Waals surface area contributed by atoms with Gasteiger partial charge in [0, 0.05) is 11.8 Å². The van der Waals surface area contributed by atoms with Gasteiger partial charge in [0.15, 0.2) is 0 Å². The summed E-state index contributed by atoms with van der Waals surface area (Å²) in [6.07, 6.45) is 4.20. The van der Waals surface area contributed by atoms with E-state index in [1.807, 2.05) is 0 Å². The first kappa shape index (κ1) is 11.7. The van der Waals surface area contributed by atoms with Gasteiger partial charge < -0.3 is 10.8 Å². The van der Waals surface area contributed by atoms with Crippen LogP contribution in [0.1, 0.15) is 38.7 Å². The summed E-state index contributed by atoms with van der Waals surface area (Å²) in [6.45, 7) is 4.11. The summed E-state index contributed by atoms with van der Waals surface area (Å²) in [4.78, 5) is 4.02. The van der Waals surface area contributed by atoms with Crippen LogP contribution in [0.5, 0.6) is 0 Å². The van der Waals surface area contributed by atoms with E-state index in [9.17, 15) is 5.11 Å². The second-order valence-corrected chi connectivity index (χ2v) is 5.62. The summed E-state index contributed by atoms with van der Waals surface area (Å²) in [5.41, 5.74) is 5.42. The highest BCUT2D eigenvalue weighted by molar-refractivity contribution is 6.30. The zero-order valence-corrected chi connectivity index (χ0v) is 10.4. The van der Waals surface area contributed by atoms with Crippen molar-refractivity contribution in [2.24, 2.45) is 5.41 Å². The first-order valence-electron chi connectivity index (χ1n) is 5.51. The van der Waals surface area contributed by atoms with Gasteiger partial charge in [-0.3, -0.25) is 0 Å². The van der Waals surface area contributed by atoms with Gasteiger partial charge >= 0.3 is 0 Å². The van der Waals surface area contributed by atoms with Gasteiger partial charge in [-0.15, -0.1) is 0 Å². The molecule has 1 aromatic rings. The van der Waals surface area contributed by atoms with Crippen molar-refractivity contribution in [3.63, 3.8) is 0 Å². The number of pyridine rings is 1. The average molecular weight is 241 g/mol. The lowest BCUT2D eigenvalue weighted by atomic mass is 9.73. The van der Waals surface area contributed by atoms with Crippen molar-refractivity contribution in [1.29, 1.82) is 0 Å². The van der Waals surface area contributed by atoms with E-state index >= 15 is 0 Å². The number of halogens is 1. The van der Waals surface area contributed by atoms with Crippen molar-refractivity contribution in [2.45, 2.75) is 38.7 Å². The van der Waals surface area contributed by atoms with Crippen LogP contribution < -0.4 is 5.73 Å². The van der Waals surface area contributed by atoms with E-state index in [-0.39, 0.29) is 5.41 Å². The zero-order chi connectivity index (χ0) is 12.0. The SMILES string of the molecule is CC1(C)CCCC1(O)c1cc(Cl)cnc1N. The molecule has 1 aliphatic carbocycles. The number of rotatable bonds is 1. The zero-order valence-electron chi connectivity index (χ0n) is 9.63. The molecule has 1 aliphatic rings. The van der Waals surface area contributed by atoms with E-state index in [0.717, 1.165) is 12.8 Å². The van der Waals surface area contributed by atoms with Crippen LogP contribution in [0.4, 0.5) is 5.82 Å². The van der Waals surface area contributed by atoms with Gasteiger partial charge in [-0.2, -0.15) is 0 Å². The lowest BCUT2D eigenvalue weighted by Crippen LogP contribution is -2.37. The van der Waals surface area contributed by atoms with E-state index in [4.69, 9.17) is 17.3 Å². The molecule has 3 nitrogen and oxygen atoms in total. The highest BCUT2D eigenvalue weighted by atomic mass is 35.5. The third-order valence-electron chi connectivity index (χ3n) is 3.79. The summed E-state index contributed by atoms with van der Waals surface area (Å²) >= 11 is 5.92. The predicted molar refractivity (Wildman–Crippen MR) is 65.2 cm³/mol. The molecule has 16 heavy (non-hydrogen) atoms. The monoisotopic (exact) mass is 240 g/mol. The van der Waals surface area contributed by atoms with Crippen LogP contribution in [0.3, 0.4) is 0 Å².